The molecule has 1 aromatic heterocycles. The monoisotopic (exact) mass is 196 g/mol. The van der Waals surface area contributed by atoms with Crippen LogP contribution >= 0.6 is 0 Å². The lowest BCUT2D eigenvalue weighted by Crippen LogP contribution is -2.19. The van der Waals surface area contributed by atoms with E-state index >= 15 is 0 Å². The molecule has 2 N–H and O–H groups in total. The van der Waals surface area contributed by atoms with E-state index < -0.39 is 0 Å². The Labute approximate surface area is 81.3 Å². The number of hydrogen-bond donors (Lipinski definition) is 1. The fraction of sp³-hybridized carbons (Fsp3) is 0.375. The van der Waals surface area contributed by atoms with Crippen LogP contribution in [0, 0.1) is 0 Å². The van der Waals surface area contributed by atoms with Gasteiger partial charge >= 0.3 is 0 Å². The van der Waals surface area contributed by atoms with Crippen LogP contribution in [0.2, 0.25) is 0 Å². The molecule has 6 heteroatoms. The standard InChI is InChI=1S/C8H12N4O2/c1-11(6-14)4-7-8(9)10-5-12(7)2-3-13/h3,5-6H,2,4,9H2,1H3. The first-order valence-electron chi connectivity index (χ1n) is 4.07. The molecule has 0 fully saturated rings. The number of nitrogen functional groups attached to an aromatic ring is 1. The van der Waals surface area contributed by atoms with Gasteiger partial charge in [-0.2, -0.15) is 0 Å². The summed E-state index contributed by atoms with van der Waals surface area (Å²) in [6.45, 7) is 0.551. The second-order valence-electron chi connectivity index (χ2n) is 2.92. The summed E-state index contributed by atoms with van der Waals surface area (Å²) in [5.74, 6) is 0.348. The maximum absolute atomic E-state index is 10.4. The highest BCUT2D eigenvalue weighted by Crippen LogP contribution is 2.10. The van der Waals surface area contributed by atoms with E-state index in [2.05, 4.69) is 4.98 Å². The molecule has 0 spiro atoms. The number of nitrogens with zero attached hydrogens (tertiary/aromatic N) is 3. The third kappa shape index (κ3) is 2.09. The van der Waals surface area contributed by atoms with E-state index in [1.165, 1.54) is 11.2 Å². The minimum atomic E-state index is 0.201. The third-order valence-corrected chi connectivity index (χ3v) is 1.83. The van der Waals surface area contributed by atoms with Gasteiger partial charge in [0.2, 0.25) is 6.41 Å². The first kappa shape index (κ1) is 10.2. The van der Waals surface area contributed by atoms with Crippen LogP contribution in [0.1, 0.15) is 5.69 Å². The van der Waals surface area contributed by atoms with Crippen LogP contribution in [0.3, 0.4) is 0 Å². The van der Waals surface area contributed by atoms with Crippen molar-refractivity contribution >= 4 is 18.5 Å². The van der Waals surface area contributed by atoms with E-state index in [0.717, 1.165) is 6.29 Å². The Morgan fingerprint density at radius 1 is 1.64 bits per heavy atom. The van der Waals surface area contributed by atoms with E-state index in [1.807, 2.05) is 0 Å². The zero-order chi connectivity index (χ0) is 10.6. The van der Waals surface area contributed by atoms with Crippen molar-refractivity contribution in [3.63, 3.8) is 0 Å². The second kappa shape index (κ2) is 4.40. The molecular formula is C8H12N4O2. The number of nitrogens with two attached hydrogens (primary N) is 1. The van der Waals surface area contributed by atoms with Crippen molar-refractivity contribution in [2.75, 3.05) is 12.8 Å². The predicted octanol–water partition coefficient (Wildman–Crippen LogP) is -0.748. The second-order valence-corrected chi connectivity index (χ2v) is 2.92. The van der Waals surface area contributed by atoms with Crippen molar-refractivity contribution in [3.8, 4) is 0 Å². The molecule has 1 amide bonds. The SMILES string of the molecule is CN(C=O)Cc1c(N)ncn1CC=O. The van der Waals surface area contributed by atoms with Crippen molar-refractivity contribution < 1.29 is 9.59 Å². The van der Waals surface area contributed by atoms with Gasteiger partial charge < -0.3 is 20.0 Å². The summed E-state index contributed by atoms with van der Waals surface area (Å²) >= 11 is 0. The minimum Gasteiger partial charge on any atom is -0.382 e. The van der Waals surface area contributed by atoms with Crippen LogP contribution in [-0.4, -0.2) is 34.2 Å². The van der Waals surface area contributed by atoms with Crippen molar-refractivity contribution in [2.24, 2.45) is 0 Å². The average molecular weight is 196 g/mol. The van der Waals surface area contributed by atoms with E-state index in [-0.39, 0.29) is 6.54 Å². The quantitative estimate of drug-likeness (QED) is 0.628. The molecule has 0 aliphatic rings. The molecule has 6 nitrogen and oxygen atoms in total. The smallest absolute Gasteiger partial charge is 0.209 e. The van der Waals surface area contributed by atoms with Crippen molar-refractivity contribution in [1.29, 1.82) is 0 Å². The molecule has 0 atom stereocenters. The van der Waals surface area contributed by atoms with Crippen LogP contribution in [0.25, 0.3) is 0 Å². The number of amides is 1. The Hall–Kier alpha value is -1.85. The summed E-state index contributed by atoms with van der Waals surface area (Å²) in [7, 11) is 1.63. The van der Waals surface area contributed by atoms with Gasteiger partial charge in [-0.25, -0.2) is 4.98 Å². The minimum absolute atomic E-state index is 0.201. The molecule has 76 valence electrons. The van der Waals surface area contributed by atoms with Gasteiger partial charge in [0, 0.05) is 7.05 Å². The lowest BCUT2D eigenvalue weighted by molar-refractivity contribution is -0.117. The zero-order valence-electron chi connectivity index (χ0n) is 7.88. The van der Waals surface area contributed by atoms with Crippen LogP contribution in [0.5, 0.6) is 0 Å². The third-order valence-electron chi connectivity index (χ3n) is 1.83. The molecule has 0 aliphatic heterocycles. The predicted molar refractivity (Wildman–Crippen MR) is 50.2 cm³/mol. The number of hydrogen-bond acceptors (Lipinski definition) is 4. The van der Waals surface area contributed by atoms with Gasteiger partial charge in [-0.3, -0.25) is 4.79 Å². The van der Waals surface area contributed by atoms with E-state index in [9.17, 15) is 9.59 Å². The Bertz CT molecular complexity index is 334. The van der Waals surface area contributed by atoms with Crippen LogP contribution in [0.15, 0.2) is 6.33 Å². The van der Waals surface area contributed by atoms with Gasteiger partial charge in [0.05, 0.1) is 25.1 Å². The molecule has 0 aliphatic carbocycles. The molecule has 14 heavy (non-hydrogen) atoms. The fourth-order valence-electron chi connectivity index (χ4n) is 1.11. The van der Waals surface area contributed by atoms with Gasteiger partial charge in [-0.05, 0) is 0 Å². The van der Waals surface area contributed by atoms with Gasteiger partial charge in [-0.15, -0.1) is 0 Å². The number of aldehydes is 1. The average Bonchev–Trinajstić information content (AvgIpc) is 2.50. The van der Waals surface area contributed by atoms with E-state index in [1.54, 1.807) is 11.6 Å². The number of anilines is 1. The normalized spacial score (nSPS) is 9.79. The number of aromatic nitrogens is 2. The molecule has 0 unspecified atom stereocenters. The van der Waals surface area contributed by atoms with E-state index in [4.69, 9.17) is 5.73 Å². The van der Waals surface area contributed by atoms with Gasteiger partial charge in [0.1, 0.15) is 12.1 Å². The molecule has 0 saturated carbocycles. The first-order valence-corrected chi connectivity index (χ1v) is 4.07. The summed E-state index contributed by atoms with van der Waals surface area (Å²) in [4.78, 5) is 26.0. The Morgan fingerprint density at radius 3 is 2.93 bits per heavy atom. The summed E-state index contributed by atoms with van der Waals surface area (Å²) in [6.07, 6.45) is 2.93. The molecule has 0 radical (unpaired) electrons. The summed E-state index contributed by atoms with van der Waals surface area (Å²) < 4.78 is 1.61. The number of imidazole rings is 1. The number of carbonyl (C=O) groups excluding carboxylic acids is 2. The topological polar surface area (TPSA) is 81.2 Å². The van der Waals surface area contributed by atoms with E-state index in [0.29, 0.717) is 24.5 Å². The van der Waals surface area contributed by atoms with Gasteiger partial charge in [0.25, 0.3) is 0 Å². The molecular weight excluding hydrogens is 184 g/mol. The summed E-state index contributed by atoms with van der Waals surface area (Å²) in [6, 6.07) is 0. The Balaban J connectivity index is 2.86. The van der Waals surface area contributed by atoms with Crippen LogP contribution < -0.4 is 5.73 Å². The summed E-state index contributed by atoms with van der Waals surface area (Å²) in [5, 5.41) is 0. The molecule has 0 saturated heterocycles. The van der Waals surface area contributed by atoms with Crippen LogP contribution in [0.4, 0.5) is 5.82 Å². The van der Waals surface area contributed by atoms with Crippen molar-refractivity contribution in [1.82, 2.24) is 14.5 Å². The fourth-order valence-corrected chi connectivity index (χ4v) is 1.11. The maximum atomic E-state index is 10.4. The highest BCUT2D eigenvalue weighted by molar-refractivity contribution is 5.51. The molecule has 1 rings (SSSR count). The first-order chi connectivity index (χ1) is 6.69. The number of rotatable bonds is 5. The molecule has 0 bridgehead atoms. The lowest BCUT2D eigenvalue weighted by atomic mass is 10.4. The molecule has 1 aromatic rings. The largest absolute Gasteiger partial charge is 0.382 e. The Kier molecular flexibility index (Phi) is 3.22. The molecule has 1 heterocycles. The van der Waals surface area contributed by atoms with Gasteiger partial charge in [0.15, 0.2) is 0 Å². The van der Waals surface area contributed by atoms with Gasteiger partial charge in [-0.1, -0.05) is 0 Å². The van der Waals surface area contributed by atoms with Crippen molar-refractivity contribution in [2.45, 2.75) is 13.1 Å². The van der Waals surface area contributed by atoms with Crippen molar-refractivity contribution in [3.05, 3.63) is 12.0 Å². The highest BCUT2D eigenvalue weighted by Gasteiger charge is 2.09. The summed E-state index contributed by atoms with van der Waals surface area (Å²) in [5.41, 5.74) is 6.26. The van der Waals surface area contributed by atoms with Crippen LogP contribution in [-0.2, 0) is 22.7 Å². The molecule has 0 aromatic carbocycles. The lowest BCUT2D eigenvalue weighted by Gasteiger charge is -2.11. The maximum Gasteiger partial charge on any atom is 0.209 e. The Morgan fingerprint density at radius 2 is 2.36 bits per heavy atom. The highest BCUT2D eigenvalue weighted by atomic mass is 16.1. The zero-order valence-corrected chi connectivity index (χ0v) is 7.88. The number of carbonyl (C=O) groups is 2.